The fourth-order valence-corrected chi connectivity index (χ4v) is 22.3. The van der Waals surface area contributed by atoms with Gasteiger partial charge in [-0.15, -0.1) is 0 Å². The van der Waals surface area contributed by atoms with Crippen LogP contribution in [0, 0.1) is 35.5 Å². The third kappa shape index (κ3) is 29.5. The number of carboxylic acid groups (broad SMARTS) is 1. The minimum Gasteiger partial charge on any atom is -0.481 e. The number of nitrogens with two attached hydrogens (primary N) is 2. The SMILES string of the molecule is CC(=O)N[C@@H](CC1CNCN1)C(=O)N(C)[C@@H](CC1CCC(F)CC1)C(=O)N[C@H]1CSCc2cccc(c2)CSC[C@@H](C(N)=O)NC(=O)[C@@H]2CCCN2C(=O)[C@H](CC2CCC(O)CC2)NC(=O)[C@H](CC2CNCN2)NC(=O)[C@H](CC(=O)O)NC(=O)[C@H](CC2CNC3CCC(F)CC23)NC(=O)[C@H](CC2CNC3CCC(F)CC23)NC(=O)CNC(=O)[C@H](CCCCN)NC1=O. The molecule has 1 aromatic carbocycles. The smallest absolute Gasteiger partial charge is 0.305 e. The number of alkyl halides is 3. The summed E-state index contributed by atoms with van der Waals surface area (Å²) in [6.07, 6.45) is 0.578. The van der Waals surface area contributed by atoms with Gasteiger partial charge in [-0.25, -0.2) is 13.2 Å². The van der Waals surface area contributed by atoms with E-state index in [2.05, 4.69) is 85.1 Å². The van der Waals surface area contributed by atoms with Crippen molar-refractivity contribution in [1.82, 2.24) is 94.9 Å². The molecule has 22 N–H and O–H groups in total. The molecule has 4 saturated carbocycles. The highest BCUT2D eigenvalue weighted by atomic mass is 32.2. The number of amides is 13. The van der Waals surface area contributed by atoms with E-state index in [4.69, 9.17) is 11.5 Å². The molecule has 708 valence electrons. The number of carbonyl (C=O) groups is 14. The summed E-state index contributed by atoms with van der Waals surface area (Å²) in [5.41, 5.74) is 13.5. The number of aliphatic hydroxyl groups excluding tert-OH is 1. The van der Waals surface area contributed by atoms with Gasteiger partial charge in [0.15, 0.2) is 0 Å². The summed E-state index contributed by atoms with van der Waals surface area (Å²) < 4.78 is 45.8. The number of halogens is 3. The Morgan fingerprint density at radius 1 is 0.591 bits per heavy atom. The Labute approximate surface area is 748 Å². The maximum absolute atomic E-state index is 15.6. The van der Waals surface area contributed by atoms with E-state index >= 15 is 42.3 Å². The van der Waals surface area contributed by atoms with Crippen LogP contribution in [0.15, 0.2) is 24.3 Å². The number of hydrogen-bond acceptors (Lipinski definition) is 24. The van der Waals surface area contributed by atoms with Gasteiger partial charge >= 0.3 is 5.97 Å². The fourth-order valence-electron chi connectivity index (χ4n) is 20.3. The van der Waals surface area contributed by atoms with Gasteiger partial charge in [0.1, 0.15) is 85.0 Å². The predicted molar refractivity (Wildman–Crippen MR) is 468 cm³/mol. The van der Waals surface area contributed by atoms with E-state index in [0.29, 0.717) is 109 Å². The maximum Gasteiger partial charge on any atom is 0.305 e. The van der Waals surface area contributed by atoms with Gasteiger partial charge in [-0.05, 0) is 227 Å². The Morgan fingerprint density at radius 3 is 1.74 bits per heavy atom. The molecule has 9 fully saturated rings. The zero-order chi connectivity index (χ0) is 91.0. The van der Waals surface area contributed by atoms with Crippen molar-refractivity contribution >= 4 is 106 Å². The van der Waals surface area contributed by atoms with E-state index < -0.39 is 205 Å². The summed E-state index contributed by atoms with van der Waals surface area (Å²) in [5.74, 6) is -14.0. The van der Waals surface area contributed by atoms with Crippen LogP contribution in [-0.2, 0) is 78.6 Å². The van der Waals surface area contributed by atoms with E-state index in [1.54, 1.807) is 0 Å². The molecular weight excluding hydrogens is 1690 g/mol. The number of carbonyl (C=O) groups excluding carboxylic acids is 13. The molecule has 41 heteroatoms. The van der Waals surface area contributed by atoms with Crippen LogP contribution in [0.2, 0.25) is 0 Å². The predicted octanol–water partition coefficient (Wildman–Crippen LogP) is -1.52. The average molecular weight is 1830 g/mol. The third-order valence-corrected chi connectivity index (χ3v) is 29.6. The number of fused-ring (bicyclic) bond motifs is 5. The molecule has 6 aliphatic heterocycles. The minimum atomic E-state index is -1.97. The monoisotopic (exact) mass is 1820 g/mol. The molecule has 2 bridgehead atoms. The summed E-state index contributed by atoms with van der Waals surface area (Å²) in [7, 11) is 1.44. The lowest BCUT2D eigenvalue weighted by Gasteiger charge is -2.35. The number of likely N-dealkylation sites (N-methyl/N-ethyl adjacent to an activating group) is 1. The van der Waals surface area contributed by atoms with Gasteiger partial charge in [0, 0.05) is 94.1 Å². The molecule has 0 spiro atoms. The van der Waals surface area contributed by atoms with E-state index in [1.165, 1.54) is 47.3 Å². The number of unbranched alkanes of at least 4 members (excludes halogenated alkanes) is 1. The van der Waals surface area contributed by atoms with E-state index in [9.17, 15) is 48.2 Å². The highest BCUT2D eigenvalue weighted by Crippen LogP contribution is 2.41. The first-order valence-electron chi connectivity index (χ1n) is 45.9. The van der Waals surface area contributed by atoms with Gasteiger partial charge in [0.25, 0.3) is 0 Å². The number of benzene rings is 1. The van der Waals surface area contributed by atoms with Crippen LogP contribution in [0.25, 0.3) is 0 Å². The number of aliphatic carboxylic acids is 1. The molecule has 11 rings (SSSR count). The van der Waals surface area contributed by atoms with Crippen LogP contribution in [0.1, 0.15) is 185 Å². The second kappa shape index (κ2) is 48.7. The number of rotatable bonds is 24. The highest BCUT2D eigenvalue weighted by Gasteiger charge is 2.48. The largest absolute Gasteiger partial charge is 0.481 e. The van der Waals surface area contributed by atoms with Crippen molar-refractivity contribution in [2.75, 3.05) is 77.7 Å². The number of hydrogen-bond donors (Lipinski definition) is 20. The number of aliphatic hydroxyl groups is 1. The summed E-state index contributed by atoms with van der Waals surface area (Å²) in [6, 6.07) is -9.26. The van der Waals surface area contributed by atoms with Crippen molar-refractivity contribution in [3.63, 3.8) is 0 Å². The third-order valence-electron chi connectivity index (χ3n) is 27.4. The normalized spacial score (nSPS) is 34.0. The van der Waals surface area contributed by atoms with Crippen molar-refractivity contribution < 1.29 is 90.5 Å². The quantitative estimate of drug-likeness (QED) is 0.0523. The second-order valence-electron chi connectivity index (χ2n) is 36.8. The number of carboxylic acids is 1. The maximum atomic E-state index is 15.6. The zero-order valence-corrected chi connectivity index (χ0v) is 74.6. The molecule has 13 amide bonds. The van der Waals surface area contributed by atoms with Crippen LogP contribution in [-0.4, -0.2) is 296 Å². The Bertz CT molecular complexity index is 3940. The van der Waals surface area contributed by atoms with Gasteiger partial charge in [0.2, 0.25) is 76.8 Å². The van der Waals surface area contributed by atoms with E-state index in [1.807, 2.05) is 24.3 Å². The molecule has 10 aliphatic rings. The lowest BCUT2D eigenvalue weighted by Crippen LogP contribution is -2.61. The van der Waals surface area contributed by atoms with Crippen LogP contribution in [0.4, 0.5) is 13.2 Å². The molecule has 10 unspecified atom stereocenters. The van der Waals surface area contributed by atoms with Gasteiger partial charge in [0.05, 0.1) is 19.1 Å². The van der Waals surface area contributed by atoms with E-state index in [0.717, 1.165) is 11.1 Å². The number of primary amides is 1. The molecule has 127 heavy (non-hydrogen) atoms. The highest BCUT2D eigenvalue weighted by molar-refractivity contribution is 7.98. The second-order valence-corrected chi connectivity index (χ2v) is 38.8. The first-order chi connectivity index (χ1) is 60.9. The Hall–Kier alpha value is -8.03. The summed E-state index contributed by atoms with van der Waals surface area (Å²) >= 11 is 2.52. The summed E-state index contributed by atoms with van der Waals surface area (Å²) in [4.78, 5) is 208. The standard InChI is InChI=1S/C86H135F3N20O16S2/c1-46(110)99-69(33-57-38-93-45-98-57)85(124)108(2)73(27-48-11-15-53(87)16-12-48)84(123)107-71-43-127-41-50-8-5-7-49(25-50)40-126-42-70(76(91)115)106-83(122)72-10-6-24-109(72)86(125)68(26-47-13-19-58(111)20-14-47)105-80(119)66(32-56-37-92-44-97-56)103-81(120)67(34-75(113)114)104-79(118)65(29-52-36-95-62-22-18-55(89)31-60(52)62)102-78(117)64(28-51-35-94-61-21-17-54(88)30-59(51)61)100-74(112)39-96-77(116)63(101-82(71)121)9-3-4-23-90/h5,7-8,25,47-48,51-73,92-95,97-98,111H,3-4,6,9-24,26-45,90H2,1-2H3,(H2,91,115)(H,96,116)(H,99,110)(H,100,112)(H,101,121)(H,102,117)(H,103,120)(H,104,118)(H,105,119)(H,106,122)(H,107,123)(H,113,114)/t47?,48?,51?,52?,53?,54?,55?,56?,57?,58?,59?,60?,61?,62?,63-,64-,65-,66-,67-,68-,69-,70-,71-,72-,73-/m0/s1. The first-order valence-corrected chi connectivity index (χ1v) is 48.2. The van der Waals surface area contributed by atoms with Crippen molar-refractivity contribution in [2.45, 2.75) is 301 Å². The van der Waals surface area contributed by atoms with Crippen molar-refractivity contribution in [2.24, 2.45) is 47.0 Å². The zero-order valence-electron chi connectivity index (χ0n) is 72.9. The Kier molecular flexibility index (Phi) is 38.2. The van der Waals surface area contributed by atoms with Crippen LogP contribution < -0.4 is 96.5 Å². The topological polar surface area (TPSA) is 530 Å². The number of nitrogens with zero attached hydrogens (tertiary/aromatic N) is 2. The molecular formula is C86H135F3N20O16S2. The molecule has 4 aliphatic carbocycles. The van der Waals surface area contributed by atoms with Crippen LogP contribution in [0.5, 0.6) is 0 Å². The number of thioether (sulfide) groups is 2. The number of nitrogens with one attached hydrogen (secondary N) is 16. The van der Waals surface area contributed by atoms with Gasteiger partial charge in [-0.3, -0.25) is 67.1 Å². The van der Waals surface area contributed by atoms with Crippen molar-refractivity contribution in [3.05, 3.63) is 35.4 Å². The molecule has 36 nitrogen and oxygen atoms in total. The average Bonchev–Trinajstić information content (AvgIpc) is 1.62. The molecule has 5 saturated heterocycles. The van der Waals surface area contributed by atoms with Crippen molar-refractivity contribution in [1.29, 1.82) is 0 Å². The fraction of sp³-hybridized carbons (Fsp3) is 0.767. The lowest BCUT2D eigenvalue weighted by atomic mass is 9.76. The molecule has 0 radical (unpaired) electrons. The minimum absolute atomic E-state index is 0.0131. The molecule has 0 aromatic heterocycles. The molecule has 21 atom stereocenters. The Morgan fingerprint density at radius 2 is 1.15 bits per heavy atom. The summed E-state index contributed by atoms with van der Waals surface area (Å²) in [6.45, 7) is 2.84. The van der Waals surface area contributed by atoms with Gasteiger partial charge in [-0.2, -0.15) is 23.5 Å². The molecule has 6 heterocycles. The van der Waals surface area contributed by atoms with E-state index in [-0.39, 0.29) is 169 Å². The summed E-state index contributed by atoms with van der Waals surface area (Å²) in [5, 5.41) is 68.4. The molecule has 1 aromatic rings. The lowest BCUT2D eigenvalue weighted by molar-refractivity contribution is -0.143. The van der Waals surface area contributed by atoms with Crippen molar-refractivity contribution in [3.8, 4) is 0 Å². The van der Waals surface area contributed by atoms with Crippen LogP contribution in [0.3, 0.4) is 0 Å². The Balaban J connectivity index is 0.925. The van der Waals surface area contributed by atoms with Gasteiger partial charge < -0.3 is 117 Å². The first kappa shape index (κ1) is 99.5. The van der Waals surface area contributed by atoms with Gasteiger partial charge in [-0.1, -0.05) is 24.3 Å². The van der Waals surface area contributed by atoms with Crippen LogP contribution >= 0.6 is 23.5 Å².